The van der Waals surface area contributed by atoms with Gasteiger partial charge in [-0.1, -0.05) is 77.7 Å². The van der Waals surface area contributed by atoms with E-state index >= 15 is 0 Å². The highest BCUT2D eigenvalue weighted by Crippen LogP contribution is 2.12. The molecule has 9 nitrogen and oxygen atoms in total. The Bertz CT molecular complexity index is 608. The summed E-state index contributed by atoms with van der Waals surface area (Å²) in [6.45, 7) is 20.0. The molecule has 242 valence electrons. The maximum Gasteiger partial charge on any atom is 0.528 e. The summed E-state index contributed by atoms with van der Waals surface area (Å²) in [6.07, 6.45) is 5.12. The zero-order valence-corrected chi connectivity index (χ0v) is 34.3. The van der Waals surface area contributed by atoms with Crippen molar-refractivity contribution in [3.05, 3.63) is 22.8 Å². The minimum absolute atomic E-state index is 0. The van der Waals surface area contributed by atoms with Gasteiger partial charge < -0.3 is 39.8 Å². The van der Waals surface area contributed by atoms with E-state index in [-0.39, 0.29) is 7.43 Å². The SMILES string of the molecule is C.C#C[Si](C)(C)C.CO[SiH](OC)OC.CO[Si](/C=C/[Si](C)(C)C)(OC)OC.CO[Si](/C=C\[Si](C)(C)C)(OC)OC. The molecule has 0 spiro atoms. The Balaban J connectivity index is -0.000000142. The normalized spacial score (nSPS) is 12.4. The van der Waals surface area contributed by atoms with E-state index in [2.05, 4.69) is 75.9 Å². The van der Waals surface area contributed by atoms with Gasteiger partial charge in [-0.05, 0) is 11.4 Å². The quantitative estimate of drug-likeness (QED) is 0.187. The summed E-state index contributed by atoms with van der Waals surface area (Å²) >= 11 is 0. The van der Waals surface area contributed by atoms with Crippen LogP contribution in [-0.2, 0) is 39.8 Å². The smallest absolute Gasteiger partial charge is 0.379 e. The predicted octanol–water partition coefficient (Wildman–Crippen LogP) is 5.45. The molecule has 0 aliphatic heterocycles. The van der Waals surface area contributed by atoms with Crippen LogP contribution in [0.15, 0.2) is 22.8 Å². The molecular formula is C25H64O9Si6. The number of hydrogen-bond donors (Lipinski definition) is 0. The van der Waals surface area contributed by atoms with E-state index in [0.29, 0.717) is 0 Å². The van der Waals surface area contributed by atoms with Gasteiger partial charge in [0.15, 0.2) is 0 Å². The molecule has 0 radical (unpaired) electrons. The molecule has 0 fully saturated rings. The van der Waals surface area contributed by atoms with Crippen molar-refractivity contribution in [2.75, 3.05) is 64.0 Å². The van der Waals surface area contributed by atoms with Crippen LogP contribution in [0.1, 0.15) is 7.43 Å². The maximum absolute atomic E-state index is 5.26. The van der Waals surface area contributed by atoms with E-state index in [9.17, 15) is 0 Å². The first-order chi connectivity index (χ1) is 17.7. The van der Waals surface area contributed by atoms with Crippen molar-refractivity contribution in [1.82, 2.24) is 0 Å². The van der Waals surface area contributed by atoms with Gasteiger partial charge in [0.1, 0.15) is 8.07 Å². The topological polar surface area (TPSA) is 83.1 Å². The molecule has 15 heteroatoms. The lowest BCUT2D eigenvalue weighted by molar-refractivity contribution is 0.138. The third-order valence-electron chi connectivity index (χ3n) is 4.29. The summed E-state index contributed by atoms with van der Waals surface area (Å²) < 4.78 is 45.8. The van der Waals surface area contributed by atoms with E-state index in [1.807, 2.05) is 11.4 Å². The number of hydrogen-bond acceptors (Lipinski definition) is 9. The number of terminal acetylenes is 1. The highest BCUT2D eigenvalue weighted by atomic mass is 28.4. The fourth-order valence-electron chi connectivity index (χ4n) is 1.90. The fraction of sp³-hybridized carbons (Fsp3) is 0.760. The molecule has 0 heterocycles. The second-order valence-corrected chi connectivity index (χ2v) is 33.7. The molecule has 0 aromatic rings. The molecule has 0 N–H and O–H groups in total. The van der Waals surface area contributed by atoms with Crippen LogP contribution in [0, 0.1) is 12.0 Å². The molecule has 40 heavy (non-hydrogen) atoms. The minimum Gasteiger partial charge on any atom is -0.379 e. The average Bonchev–Trinajstić information content (AvgIpc) is 2.87. The first-order valence-electron chi connectivity index (χ1n) is 12.5. The van der Waals surface area contributed by atoms with Gasteiger partial charge >= 0.3 is 27.1 Å². The first kappa shape index (κ1) is 49.6. The van der Waals surface area contributed by atoms with Crippen molar-refractivity contribution < 1.29 is 39.8 Å². The molecule has 0 saturated carbocycles. The lowest BCUT2D eigenvalue weighted by Crippen LogP contribution is -2.41. The fourth-order valence-corrected chi connectivity index (χ4v) is 9.93. The van der Waals surface area contributed by atoms with Crippen molar-refractivity contribution in [3.8, 4) is 12.0 Å². The van der Waals surface area contributed by atoms with Gasteiger partial charge in [-0.2, -0.15) is 0 Å². The molecule has 0 saturated heterocycles. The molecule has 0 aliphatic carbocycles. The first-order valence-corrected chi connectivity index (χ1v) is 28.1. The van der Waals surface area contributed by atoms with Crippen molar-refractivity contribution in [2.45, 2.75) is 66.3 Å². The maximum atomic E-state index is 5.26. The molecular weight excluding hydrogens is 613 g/mol. The minimum atomic E-state index is -2.47. The standard InChI is InChI=1S/2C8H20O3Si2.C5H10Si.C3H10O3Si.CH4/c2*1-9-13(10-2,11-3)8-7-12(4,5)6;1-5-6(2,3)4;1-4-7(5-2)6-3;/h2*7-8H,1-6H3;1H,2-4H3;7H,1-3H3;1H4/b8-7+;8-7-;;;. The van der Waals surface area contributed by atoms with Crippen LogP contribution in [0.4, 0.5) is 0 Å². The van der Waals surface area contributed by atoms with Crippen molar-refractivity contribution >= 4 is 51.4 Å². The van der Waals surface area contributed by atoms with Crippen LogP contribution in [0.25, 0.3) is 0 Å². The highest BCUT2D eigenvalue weighted by molar-refractivity contribution is 6.84. The zero-order valence-electron chi connectivity index (χ0n) is 28.1. The Morgan fingerprint density at radius 3 is 0.750 bits per heavy atom. The molecule has 0 bridgehead atoms. The third-order valence-corrected chi connectivity index (χ3v) is 13.9. The van der Waals surface area contributed by atoms with Crippen LogP contribution in [0.2, 0.25) is 58.9 Å². The molecule has 0 amide bonds. The van der Waals surface area contributed by atoms with Crippen molar-refractivity contribution in [1.29, 1.82) is 0 Å². The van der Waals surface area contributed by atoms with Gasteiger partial charge in [0.05, 0.1) is 16.1 Å². The Morgan fingerprint density at radius 1 is 0.475 bits per heavy atom. The summed E-state index contributed by atoms with van der Waals surface area (Å²) in [6, 6.07) is 0. The van der Waals surface area contributed by atoms with E-state index in [0.717, 1.165) is 0 Å². The van der Waals surface area contributed by atoms with Gasteiger partial charge in [0, 0.05) is 64.0 Å². The Hall–Kier alpha value is -0.0187. The molecule has 0 aromatic heterocycles. The molecule has 0 unspecified atom stereocenters. The second kappa shape index (κ2) is 25.5. The van der Waals surface area contributed by atoms with E-state index in [1.165, 1.54) is 0 Å². The molecule has 0 rings (SSSR count). The van der Waals surface area contributed by atoms with E-state index < -0.39 is 51.4 Å². The second-order valence-electron chi connectivity index (χ2n) is 11.2. The Morgan fingerprint density at radius 2 is 0.675 bits per heavy atom. The Kier molecular flexibility index (Phi) is 31.6. The van der Waals surface area contributed by atoms with Gasteiger partial charge in [-0.25, -0.2) is 0 Å². The largest absolute Gasteiger partial charge is 0.528 e. The van der Waals surface area contributed by atoms with Gasteiger partial charge in [-0.3, -0.25) is 0 Å². The molecule has 0 aliphatic rings. The van der Waals surface area contributed by atoms with Crippen LogP contribution < -0.4 is 0 Å². The van der Waals surface area contributed by atoms with Crippen LogP contribution >= 0.6 is 0 Å². The lowest BCUT2D eigenvalue weighted by Gasteiger charge is -2.21. The van der Waals surface area contributed by atoms with Crippen LogP contribution in [0.3, 0.4) is 0 Å². The number of rotatable bonds is 13. The zero-order chi connectivity index (χ0) is 32.0. The predicted molar refractivity (Wildman–Crippen MR) is 186 cm³/mol. The van der Waals surface area contributed by atoms with E-state index in [1.54, 1.807) is 64.0 Å². The molecule has 0 atom stereocenters. The van der Waals surface area contributed by atoms with Crippen molar-refractivity contribution in [2.24, 2.45) is 0 Å². The summed E-state index contributed by atoms with van der Waals surface area (Å²) in [5.41, 5.74) is 11.1. The van der Waals surface area contributed by atoms with Crippen LogP contribution in [0.5, 0.6) is 0 Å². The summed E-state index contributed by atoms with van der Waals surface area (Å²) in [5.74, 6) is 0. The van der Waals surface area contributed by atoms with Gasteiger partial charge in [0.25, 0.3) is 0 Å². The average molecular weight is 677 g/mol. The van der Waals surface area contributed by atoms with Crippen LogP contribution in [-0.4, -0.2) is 115 Å². The van der Waals surface area contributed by atoms with Crippen molar-refractivity contribution in [3.63, 3.8) is 0 Å². The van der Waals surface area contributed by atoms with E-state index in [4.69, 9.17) is 46.3 Å². The third kappa shape index (κ3) is 30.9. The van der Waals surface area contributed by atoms with Gasteiger partial charge in [-0.15, -0.1) is 12.0 Å². The summed E-state index contributed by atoms with van der Waals surface area (Å²) in [7, 11) is 4.31. The highest BCUT2D eigenvalue weighted by Gasteiger charge is 2.35. The summed E-state index contributed by atoms with van der Waals surface area (Å²) in [5, 5.41) is 0. The van der Waals surface area contributed by atoms with Gasteiger partial charge in [0.2, 0.25) is 0 Å². The lowest BCUT2D eigenvalue weighted by atomic mass is 11.2. The molecule has 0 aromatic carbocycles. The Labute approximate surface area is 255 Å². The summed E-state index contributed by atoms with van der Waals surface area (Å²) in [4.78, 5) is 0. The monoisotopic (exact) mass is 676 g/mol.